The average Bonchev–Trinajstić information content (AvgIpc) is 2.70. The summed E-state index contributed by atoms with van der Waals surface area (Å²) in [6, 6.07) is 2.38. The molecular formula is C12H22N2OS. The molecule has 1 aliphatic heterocycles. The van der Waals surface area contributed by atoms with Crippen LogP contribution in [0.15, 0.2) is 0 Å². The van der Waals surface area contributed by atoms with Crippen molar-refractivity contribution in [3.05, 3.63) is 0 Å². The van der Waals surface area contributed by atoms with Crippen LogP contribution in [0.1, 0.15) is 33.6 Å². The Morgan fingerprint density at radius 1 is 1.62 bits per heavy atom. The van der Waals surface area contributed by atoms with Crippen LogP contribution in [-0.4, -0.2) is 35.8 Å². The molecule has 1 rings (SSSR count). The third-order valence-electron chi connectivity index (χ3n) is 2.90. The van der Waals surface area contributed by atoms with Crippen molar-refractivity contribution >= 4 is 11.8 Å². The summed E-state index contributed by atoms with van der Waals surface area (Å²) in [6.07, 6.45) is 2.51. The molecule has 1 aliphatic rings. The van der Waals surface area contributed by atoms with E-state index < -0.39 is 5.54 Å². The minimum atomic E-state index is -0.400. The van der Waals surface area contributed by atoms with E-state index in [0.717, 1.165) is 31.7 Å². The highest BCUT2D eigenvalue weighted by atomic mass is 32.2. The van der Waals surface area contributed by atoms with Gasteiger partial charge in [-0.05, 0) is 33.2 Å². The highest BCUT2D eigenvalue weighted by Crippen LogP contribution is 2.28. The number of thioether (sulfide) groups is 1. The molecule has 3 nitrogen and oxygen atoms in total. The molecule has 3 atom stereocenters. The van der Waals surface area contributed by atoms with Crippen molar-refractivity contribution in [2.45, 2.75) is 50.5 Å². The number of ether oxygens (including phenoxy) is 1. The van der Waals surface area contributed by atoms with Gasteiger partial charge in [0.2, 0.25) is 0 Å². The van der Waals surface area contributed by atoms with Gasteiger partial charge in [0, 0.05) is 17.6 Å². The molecular weight excluding hydrogens is 220 g/mol. The maximum atomic E-state index is 9.19. The lowest BCUT2D eigenvalue weighted by Gasteiger charge is -2.25. The van der Waals surface area contributed by atoms with E-state index in [9.17, 15) is 5.26 Å². The largest absolute Gasteiger partial charge is 0.377 e. The van der Waals surface area contributed by atoms with Gasteiger partial charge >= 0.3 is 0 Å². The summed E-state index contributed by atoms with van der Waals surface area (Å²) in [4.78, 5) is 0. The van der Waals surface area contributed by atoms with Crippen LogP contribution >= 0.6 is 11.8 Å². The Kier molecular flexibility index (Phi) is 5.60. The molecule has 1 saturated heterocycles. The van der Waals surface area contributed by atoms with E-state index >= 15 is 0 Å². The second kappa shape index (κ2) is 6.48. The molecule has 0 aromatic heterocycles. The fourth-order valence-electron chi connectivity index (χ4n) is 1.73. The zero-order valence-electron chi connectivity index (χ0n) is 10.5. The summed E-state index contributed by atoms with van der Waals surface area (Å²) in [5.41, 5.74) is -0.400. The van der Waals surface area contributed by atoms with Crippen LogP contribution in [0.3, 0.4) is 0 Å². The first kappa shape index (κ1) is 13.8. The van der Waals surface area contributed by atoms with Crippen LogP contribution in [-0.2, 0) is 4.74 Å². The Bertz CT molecular complexity index is 254. The number of nitrogens with zero attached hydrogens (tertiary/aromatic N) is 1. The first-order valence-electron chi connectivity index (χ1n) is 6.01. The van der Waals surface area contributed by atoms with E-state index in [2.05, 4.69) is 25.2 Å². The topological polar surface area (TPSA) is 45.0 Å². The van der Waals surface area contributed by atoms with Gasteiger partial charge in [0.05, 0.1) is 12.2 Å². The molecule has 0 aromatic carbocycles. The monoisotopic (exact) mass is 242 g/mol. The Labute approximate surface area is 103 Å². The van der Waals surface area contributed by atoms with Crippen molar-refractivity contribution in [2.24, 2.45) is 0 Å². The van der Waals surface area contributed by atoms with Gasteiger partial charge < -0.3 is 4.74 Å². The van der Waals surface area contributed by atoms with E-state index in [1.807, 2.05) is 18.7 Å². The molecule has 0 saturated carbocycles. The fraction of sp³-hybridized carbons (Fsp3) is 0.917. The van der Waals surface area contributed by atoms with Crippen LogP contribution in [0.5, 0.6) is 0 Å². The van der Waals surface area contributed by atoms with Crippen molar-refractivity contribution in [2.75, 3.05) is 18.9 Å². The molecule has 3 unspecified atom stereocenters. The SMILES string of the molecule is CCCNC(C)(C#N)CSC1CCOC1C. The van der Waals surface area contributed by atoms with Crippen LogP contribution in [0.2, 0.25) is 0 Å². The quantitative estimate of drug-likeness (QED) is 0.775. The molecule has 0 amide bonds. The molecule has 0 bridgehead atoms. The second-order valence-corrected chi connectivity index (χ2v) is 5.81. The van der Waals surface area contributed by atoms with Gasteiger partial charge in [-0.15, -0.1) is 0 Å². The summed E-state index contributed by atoms with van der Waals surface area (Å²) in [5.74, 6) is 0.835. The van der Waals surface area contributed by atoms with Crippen molar-refractivity contribution in [3.63, 3.8) is 0 Å². The molecule has 0 aliphatic carbocycles. The number of rotatable bonds is 6. The van der Waals surface area contributed by atoms with Gasteiger partial charge in [-0.1, -0.05) is 6.92 Å². The lowest BCUT2D eigenvalue weighted by Crippen LogP contribution is -2.44. The molecule has 1 heterocycles. The van der Waals surface area contributed by atoms with E-state index in [1.54, 1.807) is 0 Å². The minimum Gasteiger partial charge on any atom is -0.377 e. The van der Waals surface area contributed by atoms with Gasteiger partial charge in [-0.3, -0.25) is 5.32 Å². The van der Waals surface area contributed by atoms with Crippen LogP contribution in [0, 0.1) is 11.3 Å². The summed E-state index contributed by atoms with van der Waals surface area (Å²) in [6.45, 7) is 7.99. The standard InChI is InChI=1S/C12H22N2OS/c1-4-6-14-12(3,8-13)9-16-11-5-7-15-10(11)2/h10-11,14H,4-7,9H2,1-3H3. The van der Waals surface area contributed by atoms with E-state index in [4.69, 9.17) is 4.74 Å². The van der Waals surface area contributed by atoms with Gasteiger partial charge in [-0.2, -0.15) is 17.0 Å². The fourth-order valence-corrected chi connectivity index (χ4v) is 3.05. The van der Waals surface area contributed by atoms with Gasteiger partial charge in [-0.25, -0.2) is 0 Å². The first-order valence-corrected chi connectivity index (χ1v) is 7.05. The minimum absolute atomic E-state index is 0.333. The summed E-state index contributed by atoms with van der Waals surface area (Å²) in [5, 5.41) is 13.1. The molecule has 1 N–H and O–H groups in total. The Hall–Kier alpha value is -0.240. The smallest absolute Gasteiger partial charge is 0.113 e. The Morgan fingerprint density at radius 2 is 2.38 bits per heavy atom. The molecule has 92 valence electrons. The number of hydrogen-bond acceptors (Lipinski definition) is 4. The zero-order chi connectivity index (χ0) is 12.0. The van der Waals surface area contributed by atoms with Crippen LogP contribution in [0.4, 0.5) is 0 Å². The molecule has 4 heteroatoms. The van der Waals surface area contributed by atoms with Crippen molar-refractivity contribution in [3.8, 4) is 6.07 Å². The maximum absolute atomic E-state index is 9.19. The first-order chi connectivity index (χ1) is 7.61. The summed E-state index contributed by atoms with van der Waals surface area (Å²) >= 11 is 1.86. The summed E-state index contributed by atoms with van der Waals surface area (Å²) < 4.78 is 5.52. The molecule has 0 spiro atoms. The van der Waals surface area contributed by atoms with Crippen molar-refractivity contribution < 1.29 is 4.74 Å². The third kappa shape index (κ3) is 3.97. The summed E-state index contributed by atoms with van der Waals surface area (Å²) in [7, 11) is 0. The predicted molar refractivity (Wildman–Crippen MR) is 68.6 cm³/mol. The van der Waals surface area contributed by atoms with Crippen molar-refractivity contribution in [1.82, 2.24) is 5.32 Å². The van der Waals surface area contributed by atoms with Gasteiger partial charge in [0.15, 0.2) is 0 Å². The lowest BCUT2D eigenvalue weighted by molar-refractivity contribution is 0.127. The maximum Gasteiger partial charge on any atom is 0.113 e. The number of hydrogen-bond donors (Lipinski definition) is 1. The number of nitriles is 1. The Morgan fingerprint density at radius 3 is 2.88 bits per heavy atom. The molecule has 0 radical (unpaired) electrons. The number of nitrogens with one attached hydrogen (secondary N) is 1. The zero-order valence-corrected chi connectivity index (χ0v) is 11.3. The molecule has 0 aromatic rings. The second-order valence-electron chi connectivity index (χ2n) is 4.58. The average molecular weight is 242 g/mol. The highest BCUT2D eigenvalue weighted by molar-refractivity contribution is 8.00. The van der Waals surface area contributed by atoms with E-state index in [1.165, 1.54) is 0 Å². The van der Waals surface area contributed by atoms with Gasteiger partial charge in [0.1, 0.15) is 5.54 Å². The van der Waals surface area contributed by atoms with Crippen LogP contribution < -0.4 is 5.32 Å². The van der Waals surface area contributed by atoms with E-state index in [0.29, 0.717) is 11.4 Å². The van der Waals surface area contributed by atoms with Crippen molar-refractivity contribution in [1.29, 1.82) is 5.26 Å². The highest BCUT2D eigenvalue weighted by Gasteiger charge is 2.29. The molecule has 16 heavy (non-hydrogen) atoms. The predicted octanol–water partition coefficient (Wildman–Crippen LogP) is 2.18. The van der Waals surface area contributed by atoms with Crippen LogP contribution in [0.25, 0.3) is 0 Å². The normalized spacial score (nSPS) is 28.6. The third-order valence-corrected chi connectivity index (χ3v) is 4.70. The molecule has 1 fully saturated rings. The Balaban J connectivity index is 2.35. The lowest BCUT2D eigenvalue weighted by atomic mass is 10.1. The van der Waals surface area contributed by atoms with Gasteiger partial charge in [0.25, 0.3) is 0 Å². The van der Waals surface area contributed by atoms with E-state index in [-0.39, 0.29) is 0 Å².